The number of likely N-dealkylation sites (N-methyl/N-ethyl adjacent to an activating group) is 1. The van der Waals surface area contributed by atoms with Gasteiger partial charge in [-0.2, -0.15) is 0 Å². The van der Waals surface area contributed by atoms with Crippen LogP contribution in [-0.4, -0.2) is 29.6 Å². The molecule has 2 N–H and O–H groups in total. The van der Waals surface area contributed by atoms with Gasteiger partial charge in [0, 0.05) is 28.8 Å². The Kier molecular flexibility index (Phi) is 5.74. The van der Waals surface area contributed by atoms with Gasteiger partial charge in [0.15, 0.2) is 5.11 Å². The Morgan fingerprint density at radius 2 is 1.68 bits per heavy atom. The summed E-state index contributed by atoms with van der Waals surface area (Å²) in [5, 5.41) is 8.96. The van der Waals surface area contributed by atoms with Gasteiger partial charge in [0.25, 0.3) is 0 Å². The van der Waals surface area contributed by atoms with Crippen LogP contribution in [0.25, 0.3) is 6.08 Å². The van der Waals surface area contributed by atoms with Crippen molar-refractivity contribution in [3.05, 3.63) is 86.5 Å². The van der Waals surface area contributed by atoms with Gasteiger partial charge >= 0.3 is 0 Å². The van der Waals surface area contributed by atoms with E-state index in [9.17, 15) is 0 Å². The monoisotopic (exact) mass is 429 g/mol. The van der Waals surface area contributed by atoms with Gasteiger partial charge in [-0.25, -0.2) is 0 Å². The van der Waals surface area contributed by atoms with Gasteiger partial charge < -0.3 is 10.6 Å². The largest absolute Gasteiger partial charge is 0.352 e. The SMILES string of the molecule is CCN1CC2=C(NC(=S)NC2c2ccc(Cl)cc2)/C(=C/c2ccc(Cl)cc2)C1. The Hall–Kier alpha value is -1.85. The van der Waals surface area contributed by atoms with Crippen molar-refractivity contribution in [2.75, 3.05) is 19.6 Å². The lowest BCUT2D eigenvalue weighted by Crippen LogP contribution is -2.50. The molecule has 2 aromatic carbocycles. The van der Waals surface area contributed by atoms with E-state index >= 15 is 0 Å². The zero-order valence-electron chi connectivity index (χ0n) is 15.5. The maximum absolute atomic E-state index is 6.09. The van der Waals surface area contributed by atoms with Crippen molar-refractivity contribution in [2.45, 2.75) is 13.0 Å². The van der Waals surface area contributed by atoms with E-state index in [1.54, 1.807) is 0 Å². The van der Waals surface area contributed by atoms with Crippen molar-refractivity contribution in [3.8, 4) is 0 Å². The number of halogens is 2. The van der Waals surface area contributed by atoms with Crippen LogP contribution in [0.3, 0.4) is 0 Å². The summed E-state index contributed by atoms with van der Waals surface area (Å²) in [5.74, 6) is 0. The lowest BCUT2D eigenvalue weighted by atomic mass is 9.89. The minimum absolute atomic E-state index is 0.0315. The maximum atomic E-state index is 6.09. The van der Waals surface area contributed by atoms with E-state index in [1.807, 2.05) is 36.4 Å². The summed E-state index contributed by atoms with van der Waals surface area (Å²) in [6, 6.07) is 15.9. The van der Waals surface area contributed by atoms with Gasteiger partial charge in [0.1, 0.15) is 0 Å². The third kappa shape index (κ3) is 4.11. The number of benzene rings is 2. The zero-order chi connectivity index (χ0) is 19.7. The molecule has 1 atom stereocenters. The first-order valence-corrected chi connectivity index (χ1v) is 10.4. The fraction of sp³-hybridized carbons (Fsp3) is 0.227. The van der Waals surface area contributed by atoms with E-state index in [4.69, 9.17) is 35.4 Å². The molecule has 2 heterocycles. The second-order valence-corrected chi connectivity index (χ2v) is 8.29. The molecular formula is C22H21Cl2N3S. The standard InChI is InChI=1S/C22H21Cl2N3S/c1-2-27-12-16(11-14-3-7-17(23)8-4-14)21-19(13-27)20(25-22(28)26-21)15-5-9-18(24)10-6-15/h3-11,20H,2,12-13H2,1H3,(H2,25,26,28)/b16-11+. The highest BCUT2D eigenvalue weighted by Crippen LogP contribution is 2.34. The fourth-order valence-electron chi connectivity index (χ4n) is 3.71. The smallest absolute Gasteiger partial charge is 0.171 e. The maximum Gasteiger partial charge on any atom is 0.171 e. The van der Waals surface area contributed by atoms with Crippen molar-refractivity contribution in [1.82, 2.24) is 15.5 Å². The number of nitrogens with zero attached hydrogens (tertiary/aromatic N) is 1. The molecule has 2 aliphatic rings. The second kappa shape index (κ2) is 8.26. The van der Waals surface area contributed by atoms with Gasteiger partial charge in [0.05, 0.1) is 6.04 Å². The summed E-state index contributed by atoms with van der Waals surface area (Å²) in [5.41, 5.74) is 5.93. The topological polar surface area (TPSA) is 27.3 Å². The average Bonchev–Trinajstić information content (AvgIpc) is 2.70. The molecule has 0 saturated heterocycles. The number of rotatable bonds is 3. The van der Waals surface area contributed by atoms with Crippen LogP contribution in [0, 0.1) is 0 Å². The highest BCUT2D eigenvalue weighted by molar-refractivity contribution is 7.80. The van der Waals surface area contributed by atoms with Crippen LogP contribution in [0.15, 0.2) is 65.4 Å². The van der Waals surface area contributed by atoms with Crippen LogP contribution < -0.4 is 10.6 Å². The van der Waals surface area contributed by atoms with Crippen molar-refractivity contribution >= 4 is 46.6 Å². The van der Waals surface area contributed by atoms with Crippen molar-refractivity contribution in [1.29, 1.82) is 0 Å². The molecule has 2 aliphatic heterocycles. The quantitative estimate of drug-likeness (QED) is 0.656. The van der Waals surface area contributed by atoms with Crippen molar-refractivity contribution < 1.29 is 0 Å². The third-order valence-corrected chi connectivity index (χ3v) is 5.88. The van der Waals surface area contributed by atoms with Crippen LogP contribution in [0.4, 0.5) is 0 Å². The predicted octanol–water partition coefficient (Wildman–Crippen LogP) is 5.19. The first-order valence-electron chi connectivity index (χ1n) is 9.28. The number of hydrogen-bond donors (Lipinski definition) is 2. The lowest BCUT2D eigenvalue weighted by Gasteiger charge is -2.40. The zero-order valence-corrected chi connectivity index (χ0v) is 17.8. The average molecular weight is 430 g/mol. The molecule has 0 aliphatic carbocycles. The van der Waals surface area contributed by atoms with E-state index in [2.05, 4.69) is 40.7 Å². The highest BCUT2D eigenvalue weighted by atomic mass is 35.5. The number of nitrogens with one attached hydrogen (secondary N) is 2. The Morgan fingerprint density at radius 3 is 2.32 bits per heavy atom. The van der Waals surface area contributed by atoms with Crippen molar-refractivity contribution in [3.63, 3.8) is 0 Å². The van der Waals surface area contributed by atoms with Crippen LogP contribution in [0.5, 0.6) is 0 Å². The molecule has 0 bridgehead atoms. The molecule has 0 amide bonds. The van der Waals surface area contributed by atoms with E-state index in [1.165, 1.54) is 11.1 Å². The summed E-state index contributed by atoms with van der Waals surface area (Å²) >= 11 is 17.7. The molecule has 28 heavy (non-hydrogen) atoms. The fourth-order valence-corrected chi connectivity index (χ4v) is 4.18. The van der Waals surface area contributed by atoms with Gasteiger partial charge in [-0.15, -0.1) is 0 Å². The predicted molar refractivity (Wildman–Crippen MR) is 122 cm³/mol. The van der Waals surface area contributed by atoms with Gasteiger partial charge in [0.2, 0.25) is 0 Å². The second-order valence-electron chi connectivity index (χ2n) is 7.01. The molecule has 0 radical (unpaired) electrons. The van der Waals surface area contributed by atoms with E-state index in [0.717, 1.165) is 46.5 Å². The van der Waals surface area contributed by atoms with E-state index in [0.29, 0.717) is 5.11 Å². The summed E-state index contributed by atoms with van der Waals surface area (Å²) in [6.45, 7) is 4.93. The Balaban J connectivity index is 1.79. The Labute approximate surface area is 181 Å². The number of thiocarbonyl (C=S) groups is 1. The molecule has 3 nitrogen and oxygen atoms in total. The summed E-state index contributed by atoms with van der Waals surface area (Å²) in [6.07, 6.45) is 2.22. The van der Waals surface area contributed by atoms with Gasteiger partial charge in [-0.3, -0.25) is 4.90 Å². The van der Waals surface area contributed by atoms with Gasteiger partial charge in [-0.1, -0.05) is 54.4 Å². The molecule has 144 valence electrons. The first kappa shape index (κ1) is 19.5. The third-order valence-electron chi connectivity index (χ3n) is 5.15. The van der Waals surface area contributed by atoms with Crippen molar-refractivity contribution in [2.24, 2.45) is 0 Å². The first-order chi connectivity index (χ1) is 13.5. The van der Waals surface area contributed by atoms with E-state index in [-0.39, 0.29) is 6.04 Å². The molecule has 6 heteroatoms. The highest BCUT2D eigenvalue weighted by Gasteiger charge is 2.32. The summed E-state index contributed by atoms with van der Waals surface area (Å²) in [4.78, 5) is 2.43. The van der Waals surface area contributed by atoms with Gasteiger partial charge in [-0.05, 0) is 71.4 Å². The minimum Gasteiger partial charge on any atom is -0.352 e. The molecule has 1 unspecified atom stereocenters. The molecule has 2 aromatic rings. The minimum atomic E-state index is 0.0315. The lowest BCUT2D eigenvalue weighted by molar-refractivity contribution is 0.316. The normalized spacial score (nSPS) is 21.3. The molecule has 0 fully saturated rings. The molecule has 0 aromatic heterocycles. The Bertz CT molecular complexity index is 949. The van der Waals surface area contributed by atoms with Crippen LogP contribution in [-0.2, 0) is 0 Å². The summed E-state index contributed by atoms with van der Waals surface area (Å²) < 4.78 is 0. The van der Waals surface area contributed by atoms with Crippen LogP contribution in [0.1, 0.15) is 24.1 Å². The van der Waals surface area contributed by atoms with Crippen LogP contribution >= 0.6 is 35.4 Å². The molecule has 0 saturated carbocycles. The molecule has 4 rings (SSSR count). The molecule has 0 spiro atoms. The summed E-state index contributed by atoms with van der Waals surface area (Å²) in [7, 11) is 0. The molecular weight excluding hydrogens is 409 g/mol. The number of hydrogen-bond acceptors (Lipinski definition) is 2. The Morgan fingerprint density at radius 1 is 1.04 bits per heavy atom. The van der Waals surface area contributed by atoms with Crippen LogP contribution in [0.2, 0.25) is 10.0 Å². The van der Waals surface area contributed by atoms with E-state index < -0.39 is 0 Å².